The molecule has 2 N–H and O–H groups in total. The Morgan fingerprint density at radius 3 is 2.27 bits per heavy atom. The Kier molecular flexibility index (Phi) is 7.98. The van der Waals surface area contributed by atoms with Crippen molar-refractivity contribution in [1.29, 1.82) is 0 Å². The zero-order valence-corrected chi connectivity index (χ0v) is 10.6. The SMILES string of the molecule is C[N+](C)(CCBr)CC(N)=O.[I-]. The number of alkyl halides is 1. The summed E-state index contributed by atoms with van der Waals surface area (Å²) in [7, 11) is 3.96. The third-order valence-corrected chi connectivity index (χ3v) is 1.63. The van der Waals surface area contributed by atoms with E-state index in [0.717, 1.165) is 11.9 Å². The fraction of sp³-hybridized carbons (Fsp3) is 0.833. The van der Waals surface area contributed by atoms with Gasteiger partial charge in [-0.05, 0) is 0 Å². The first-order valence-electron chi connectivity index (χ1n) is 3.14. The topological polar surface area (TPSA) is 43.1 Å². The van der Waals surface area contributed by atoms with E-state index in [1.165, 1.54) is 0 Å². The second-order valence-corrected chi connectivity index (χ2v) is 3.77. The summed E-state index contributed by atoms with van der Waals surface area (Å²) in [6.07, 6.45) is 0. The van der Waals surface area contributed by atoms with Crippen molar-refractivity contribution in [2.24, 2.45) is 5.73 Å². The molecule has 0 spiro atoms. The molecule has 0 atom stereocenters. The van der Waals surface area contributed by atoms with Crippen LogP contribution >= 0.6 is 15.9 Å². The maximum absolute atomic E-state index is 10.5. The molecule has 0 aliphatic heterocycles. The summed E-state index contributed by atoms with van der Waals surface area (Å²) in [6.45, 7) is 1.33. The normalized spacial score (nSPS) is 10.5. The highest BCUT2D eigenvalue weighted by molar-refractivity contribution is 9.09. The van der Waals surface area contributed by atoms with Crippen LogP contribution < -0.4 is 29.7 Å². The van der Waals surface area contributed by atoms with Crippen LogP contribution in [-0.4, -0.2) is 42.9 Å². The van der Waals surface area contributed by atoms with Crippen molar-refractivity contribution in [2.75, 3.05) is 32.5 Å². The molecular formula is C6H14BrIN2O. The molecule has 0 saturated carbocycles. The van der Waals surface area contributed by atoms with Crippen LogP contribution in [0.25, 0.3) is 0 Å². The standard InChI is InChI=1S/C6H13BrN2O.HI/c1-9(2,4-3-7)5-6(8)10;/h3-5H2,1-2H3,(H-,8,10);1H. The Morgan fingerprint density at radius 1 is 1.55 bits per heavy atom. The highest BCUT2D eigenvalue weighted by atomic mass is 127. The number of rotatable bonds is 4. The molecule has 0 heterocycles. The molecule has 0 aromatic carbocycles. The van der Waals surface area contributed by atoms with Crippen LogP contribution in [0.3, 0.4) is 0 Å². The van der Waals surface area contributed by atoms with Gasteiger partial charge in [0.05, 0.1) is 26.0 Å². The molecule has 0 radical (unpaired) electrons. The minimum absolute atomic E-state index is 0. The Hall–Kier alpha value is 0.640. The maximum atomic E-state index is 10.5. The number of hydrogen-bond donors (Lipinski definition) is 1. The molecule has 0 saturated heterocycles. The molecule has 0 aliphatic rings. The first-order valence-corrected chi connectivity index (χ1v) is 4.26. The van der Waals surface area contributed by atoms with Gasteiger partial charge in [-0.1, -0.05) is 15.9 Å². The van der Waals surface area contributed by atoms with E-state index >= 15 is 0 Å². The Bertz CT molecular complexity index is 130. The number of carbonyl (C=O) groups is 1. The average molecular weight is 337 g/mol. The zero-order chi connectivity index (χ0) is 8.20. The van der Waals surface area contributed by atoms with Crippen molar-refractivity contribution in [3.8, 4) is 0 Å². The van der Waals surface area contributed by atoms with E-state index in [1.807, 2.05) is 14.1 Å². The van der Waals surface area contributed by atoms with E-state index in [0.29, 0.717) is 11.0 Å². The predicted molar refractivity (Wildman–Crippen MR) is 44.8 cm³/mol. The van der Waals surface area contributed by atoms with E-state index in [2.05, 4.69) is 15.9 Å². The Balaban J connectivity index is 0. The number of amides is 1. The maximum Gasteiger partial charge on any atom is 0.272 e. The lowest BCUT2D eigenvalue weighted by Gasteiger charge is -2.26. The second-order valence-electron chi connectivity index (χ2n) is 2.97. The summed E-state index contributed by atoms with van der Waals surface area (Å²) in [4.78, 5) is 10.5. The van der Waals surface area contributed by atoms with Crippen LogP contribution in [-0.2, 0) is 4.79 Å². The average Bonchev–Trinajstić information content (AvgIpc) is 1.59. The predicted octanol–water partition coefficient (Wildman–Crippen LogP) is -3.05. The smallest absolute Gasteiger partial charge is 0.272 e. The summed E-state index contributed by atoms with van der Waals surface area (Å²) in [5, 5.41) is 0.896. The van der Waals surface area contributed by atoms with Gasteiger partial charge in [-0.15, -0.1) is 0 Å². The van der Waals surface area contributed by atoms with Crippen molar-refractivity contribution in [2.45, 2.75) is 0 Å². The minimum atomic E-state index is -0.244. The largest absolute Gasteiger partial charge is 1.00 e. The highest BCUT2D eigenvalue weighted by Gasteiger charge is 2.16. The third kappa shape index (κ3) is 8.55. The summed E-state index contributed by atoms with van der Waals surface area (Å²) in [6, 6.07) is 0. The van der Waals surface area contributed by atoms with Crippen LogP contribution in [0.15, 0.2) is 0 Å². The number of quaternary nitrogens is 1. The first-order chi connectivity index (χ1) is 4.48. The molecule has 3 nitrogen and oxygen atoms in total. The fourth-order valence-corrected chi connectivity index (χ4v) is 1.69. The van der Waals surface area contributed by atoms with E-state index in [9.17, 15) is 4.79 Å². The first kappa shape index (κ1) is 14.2. The minimum Gasteiger partial charge on any atom is -1.00 e. The van der Waals surface area contributed by atoms with Gasteiger partial charge in [-0.2, -0.15) is 0 Å². The van der Waals surface area contributed by atoms with E-state index in [4.69, 9.17) is 5.73 Å². The fourth-order valence-electron chi connectivity index (χ4n) is 0.730. The second kappa shape index (κ2) is 6.19. The molecule has 0 aromatic rings. The molecule has 0 aliphatic carbocycles. The number of likely N-dealkylation sites (N-methyl/N-ethyl adjacent to an activating group) is 1. The Labute approximate surface area is 93.0 Å². The van der Waals surface area contributed by atoms with Crippen LogP contribution in [0.4, 0.5) is 0 Å². The van der Waals surface area contributed by atoms with Gasteiger partial charge in [0.25, 0.3) is 5.91 Å². The van der Waals surface area contributed by atoms with Crippen LogP contribution in [0.5, 0.6) is 0 Å². The number of carbonyl (C=O) groups excluding carboxylic acids is 1. The summed E-state index contributed by atoms with van der Waals surface area (Å²) in [5.41, 5.74) is 5.04. The van der Waals surface area contributed by atoms with Crippen molar-refractivity contribution < 1.29 is 33.3 Å². The molecule has 0 aromatic heterocycles. The van der Waals surface area contributed by atoms with Crippen LogP contribution in [0.2, 0.25) is 0 Å². The molecular weight excluding hydrogens is 323 g/mol. The van der Waals surface area contributed by atoms with Gasteiger partial charge in [0.15, 0.2) is 6.54 Å². The highest BCUT2D eigenvalue weighted by Crippen LogP contribution is 1.96. The van der Waals surface area contributed by atoms with Crippen LogP contribution in [0.1, 0.15) is 0 Å². The number of nitrogens with two attached hydrogens (primary N) is 1. The molecule has 11 heavy (non-hydrogen) atoms. The lowest BCUT2D eigenvalue weighted by molar-refractivity contribution is -0.879. The van der Waals surface area contributed by atoms with Crippen molar-refractivity contribution >= 4 is 21.8 Å². The van der Waals surface area contributed by atoms with Gasteiger partial charge in [0.2, 0.25) is 0 Å². The van der Waals surface area contributed by atoms with Crippen LogP contribution in [0, 0.1) is 0 Å². The van der Waals surface area contributed by atoms with Crippen molar-refractivity contribution in [3.05, 3.63) is 0 Å². The summed E-state index contributed by atoms with van der Waals surface area (Å²) in [5.74, 6) is -0.244. The molecule has 0 bridgehead atoms. The molecule has 1 amide bonds. The molecule has 5 heteroatoms. The van der Waals surface area contributed by atoms with E-state index in [1.54, 1.807) is 0 Å². The monoisotopic (exact) mass is 336 g/mol. The van der Waals surface area contributed by atoms with E-state index in [-0.39, 0.29) is 29.9 Å². The van der Waals surface area contributed by atoms with Crippen molar-refractivity contribution in [3.63, 3.8) is 0 Å². The van der Waals surface area contributed by atoms with Gasteiger partial charge < -0.3 is 34.2 Å². The van der Waals surface area contributed by atoms with Gasteiger partial charge in [-0.25, -0.2) is 0 Å². The Morgan fingerprint density at radius 2 is 2.00 bits per heavy atom. The number of nitrogens with zero attached hydrogens (tertiary/aromatic N) is 1. The molecule has 0 unspecified atom stereocenters. The lowest BCUT2D eigenvalue weighted by atomic mass is 10.4. The third-order valence-electron chi connectivity index (χ3n) is 1.27. The van der Waals surface area contributed by atoms with Gasteiger partial charge >= 0.3 is 0 Å². The summed E-state index contributed by atoms with van der Waals surface area (Å²) >= 11 is 3.31. The van der Waals surface area contributed by atoms with Crippen molar-refractivity contribution in [1.82, 2.24) is 0 Å². The lowest BCUT2D eigenvalue weighted by Crippen LogP contribution is -3.00. The molecule has 0 fully saturated rings. The van der Waals surface area contributed by atoms with E-state index < -0.39 is 0 Å². The number of hydrogen-bond acceptors (Lipinski definition) is 1. The number of primary amides is 1. The van der Waals surface area contributed by atoms with Gasteiger partial charge in [0, 0.05) is 0 Å². The quantitative estimate of drug-likeness (QED) is 0.331. The molecule has 68 valence electrons. The molecule has 0 rings (SSSR count). The van der Waals surface area contributed by atoms with Gasteiger partial charge in [-0.3, -0.25) is 4.79 Å². The zero-order valence-electron chi connectivity index (χ0n) is 6.81. The summed E-state index contributed by atoms with van der Waals surface area (Å²) < 4.78 is 0.653. The number of halogens is 2. The van der Waals surface area contributed by atoms with Gasteiger partial charge in [0.1, 0.15) is 0 Å².